The lowest BCUT2D eigenvalue weighted by molar-refractivity contribution is 0.0938. The van der Waals surface area contributed by atoms with Crippen molar-refractivity contribution < 1.29 is 20.4 Å². The fraction of sp³-hybridized carbons (Fsp3) is 0.492. The number of unbranched alkanes of at least 4 members (excludes halogenated alkanes) is 8. The first-order valence-corrected chi connectivity index (χ1v) is 49.3. The molecular formula is C118H148N2O4. The van der Waals surface area contributed by atoms with Gasteiger partial charge in [-0.3, -0.25) is 0 Å². The highest BCUT2D eigenvalue weighted by molar-refractivity contribution is 5.86. The average Bonchev–Trinajstić information content (AvgIpc) is 1.53. The van der Waals surface area contributed by atoms with Crippen molar-refractivity contribution in [3.05, 3.63) is 262 Å². The molecule has 0 saturated heterocycles. The van der Waals surface area contributed by atoms with Crippen LogP contribution in [0.1, 0.15) is 358 Å². The Hall–Kier alpha value is -8.68. The van der Waals surface area contributed by atoms with Crippen LogP contribution >= 0.6 is 0 Å². The van der Waals surface area contributed by atoms with Crippen LogP contribution in [0.4, 0.5) is 34.1 Å². The largest absolute Gasteiger partial charge is 0.508 e. The molecule has 0 radical (unpaired) electrons. The number of nitrogens with zero attached hydrogens (tertiary/aromatic N) is 2. The van der Waals surface area contributed by atoms with E-state index in [9.17, 15) is 20.4 Å². The zero-order chi connectivity index (χ0) is 87.5. The topological polar surface area (TPSA) is 87.4 Å². The zero-order valence-corrected chi connectivity index (χ0v) is 78.6. The van der Waals surface area contributed by atoms with E-state index in [0.29, 0.717) is 11.1 Å². The number of aliphatic hydroxyl groups is 2. The van der Waals surface area contributed by atoms with E-state index in [1.807, 2.05) is 24.3 Å². The second-order valence-corrected chi connectivity index (χ2v) is 42.6. The van der Waals surface area contributed by atoms with Gasteiger partial charge < -0.3 is 30.2 Å². The summed E-state index contributed by atoms with van der Waals surface area (Å²) in [5.74, 6) is -1.72. The molecule has 10 aromatic carbocycles. The smallest absolute Gasteiger partial charge is 0.121 e. The number of phenols is 2. The number of aromatic hydroxyl groups is 2. The lowest BCUT2D eigenvalue weighted by atomic mass is 9.72. The summed E-state index contributed by atoms with van der Waals surface area (Å²) in [7, 11) is 0. The van der Waals surface area contributed by atoms with E-state index in [2.05, 4.69) is 303 Å². The maximum absolute atomic E-state index is 13.1. The van der Waals surface area contributed by atoms with E-state index in [0.717, 1.165) is 34.1 Å². The van der Waals surface area contributed by atoms with Crippen LogP contribution in [0.5, 0.6) is 11.5 Å². The van der Waals surface area contributed by atoms with Crippen molar-refractivity contribution >= 4 is 34.1 Å². The maximum atomic E-state index is 13.1. The number of anilines is 6. The van der Waals surface area contributed by atoms with Gasteiger partial charge in [0.15, 0.2) is 0 Å². The third-order valence-corrected chi connectivity index (χ3v) is 32.1. The van der Waals surface area contributed by atoms with Crippen molar-refractivity contribution in [1.82, 2.24) is 0 Å². The van der Waals surface area contributed by atoms with Crippen molar-refractivity contribution in [1.29, 1.82) is 0 Å². The summed E-state index contributed by atoms with van der Waals surface area (Å²) in [6, 6.07) is 77.0. The highest BCUT2D eigenvalue weighted by atomic mass is 16.3. The predicted octanol–water partition coefficient (Wildman–Crippen LogP) is 32.8. The molecule has 6 aliphatic rings. The van der Waals surface area contributed by atoms with Gasteiger partial charge in [0.05, 0.1) is 12.2 Å². The summed E-state index contributed by atoms with van der Waals surface area (Å²) in [5, 5.41) is 51.1. The normalized spacial score (nSPS) is 21.2. The maximum Gasteiger partial charge on any atom is 0.121 e. The van der Waals surface area contributed by atoms with Gasteiger partial charge in [-0.25, -0.2) is 0 Å². The molecular weight excluding hydrogens is 1510 g/mol. The summed E-state index contributed by atoms with van der Waals surface area (Å²) in [6.07, 6.45) is 32.2. The van der Waals surface area contributed by atoms with Gasteiger partial charge in [0, 0.05) is 81.1 Å². The lowest BCUT2D eigenvalue weighted by Crippen LogP contribution is -2.26. The number of rotatable bonds is 36. The van der Waals surface area contributed by atoms with E-state index in [1.165, 1.54) is 247 Å². The Bertz CT molecular complexity index is 4770. The third kappa shape index (κ3) is 16.0. The van der Waals surface area contributed by atoms with E-state index in [1.54, 1.807) is 22.3 Å². The van der Waals surface area contributed by atoms with Crippen LogP contribution in [0.2, 0.25) is 0 Å². The summed E-state index contributed by atoms with van der Waals surface area (Å²) in [4.78, 5) is 4.54. The fourth-order valence-electron chi connectivity index (χ4n) is 27.0. The molecule has 0 bridgehead atoms. The molecule has 2 saturated carbocycles. The number of fused-ring (bicyclic) bond motifs is 5. The molecule has 0 aliphatic heterocycles. The number of aliphatic hydroxyl groups excluding tert-OH is 2. The van der Waals surface area contributed by atoms with Crippen molar-refractivity contribution in [2.24, 2.45) is 11.8 Å². The molecule has 0 spiro atoms. The molecule has 4 N–H and O–H groups in total. The Labute approximate surface area is 747 Å². The molecule has 0 amide bonds. The minimum Gasteiger partial charge on any atom is -0.508 e. The molecule has 124 heavy (non-hydrogen) atoms. The summed E-state index contributed by atoms with van der Waals surface area (Å²) < 4.78 is 0. The Morgan fingerprint density at radius 2 is 0.476 bits per heavy atom. The summed E-state index contributed by atoms with van der Waals surface area (Å²) in [5.41, 5.74) is 29.7. The lowest BCUT2D eigenvalue weighted by Gasteiger charge is -2.32. The van der Waals surface area contributed by atoms with Gasteiger partial charge >= 0.3 is 0 Å². The molecule has 0 aromatic heterocycles. The second kappa shape index (κ2) is 35.5. The Balaban J connectivity index is 0.746. The van der Waals surface area contributed by atoms with Crippen LogP contribution in [0.3, 0.4) is 0 Å². The van der Waals surface area contributed by atoms with E-state index < -0.39 is 24.0 Å². The fourth-order valence-corrected chi connectivity index (χ4v) is 27.0. The predicted molar refractivity (Wildman–Crippen MR) is 525 cm³/mol. The number of benzene rings is 10. The molecule has 16 rings (SSSR count). The number of phenolic OH excluding ortho intramolecular Hbond substituents is 2. The van der Waals surface area contributed by atoms with Crippen molar-refractivity contribution in [3.8, 4) is 56.0 Å². The van der Waals surface area contributed by atoms with Crippen molar-refractivity contribution in [2.75, 3.05) is 9.80 Å². The second-order valence-electron chi connectivity index (χ2n) is 42.6. The number of hydrogen-bond acceptors (Lipinski definition) is 6. The van der Waals surface area contributed by atoms with Crippen LogP contribution < -0.4 is 9.80 Å². The monoisotopic (exact) mass is 1660 g/mol. The van der Waals surface area contributed by atoms with E-state index in [-0.39, 0.29) is 66.7 Å². The molecule has 654 valence electrons. The standard InChI is InChI=1S/C118H148N2O4/c1-17-25-65-115(66-26-18-2)75-111(9,10)105-89(37-33-41-95(105)115)79-45-53-83(54-46-79)119(84-55-47-80(48-56-84)90-38-34-42-96-106(90)112(11,12)76-116(96,67-27-19-3)68-28-20-4)87-61-63-93(99(121)73-87)101-103-104(110(103)124)102(109(101)123)94-64-62-88(74-100(94)122)120(85-57-49-81(50-58-85)91-39-35-43-97-107(91)113(13,14)77-117(97,69-29-21-5)70-30-22-6)86-59-51-82(52-60-86)92-40-36-44-98-108(92)114(15,16)78-118(98,71-31-23-7)72-32-24-8/h33-64,73-74,101-104,109-110,121-124H,17-32,65-72,75-78H2,1-16H3/t101?,102?,103-,104?,109?,110?/m0/s1. The molecule has 2 fully saturated rings. The van der Waals surface area contributed by atoms with Crippen LogP contribution in [-0.2, 0) is 43.3 Å². The first-order valence-electron chi connectivity index (χ1n) is 49.3. The van der Waals surface area contributed by atoms with Crippen LogP contribution in [0, 0.1) is 11.8 Å². The molecule has 6 heteroatoms. The number of hydrogen-bond donors (Lipinski definition) is 4. The molecule has 10 aromatic rings. The SMILES string of the molecule is CCCCC1(CCCC)CC(C)(C)c2c(-c3ccc(N(c4ccc(-c5cccc6c5C(C)(C)CC6(CCCC)CCCC)cc4)c4ccc(C5C(O)C(c6ccc(N(c7ccc(-c8cccc9c8C(C)(C)CC9(CCCC)CCCC)cc7)c7ccc(-c8cccc9c8C(C)(C)CC9(CCCC)CCCC)cc7)cc6O)[C@@H]6C(O)C56)c(O)c4)cc3)cccc21. The molecule has 6 atom stereocenters. The quantitative estimate of drug-likeness (QED) is 0.0313. The Morgan fingerprint density at radius 1 is 0.266 bits per heavy atom. The van der Waals surface area contributed by atoms with E-state index >= 15 is 0 Å². The van der Waals surface area contributed by atoms with Crippen LogP contribution in [0.15, 0.2) is 206 Å². The summed E-state index contributed by atoms with van der Waals surface area (Å²) in [6.45, 7) is 38.5. The average molecular weight is 1660 g/mol. The zero-order valence-electron chi connectivity index (χ0n) is 78.6. The van der Waals surface area contributed by atoms with E-state index in [4.69, 9.17) is 0 Å². The molecule has 0 heterocycles. The van der Waals surface area contributed by atoms with Gasteiger partial charge in [0.1, 0.15) is 11.5 Å². The highest BCUT2D eigenvalue weighted by Crippen LogP contribution is 2.68. The van der Waals surface area contributed by atoms with Crippen LogP contribution in [-0.4, -0.2) is 32.6 Å². The molecule has 6 nitrogen and oxygen atoms in total. The van der Waals surface area contributed by atoms with Gasteiger partial charge in [-0.05, 0) is 270 Å². The summed E-state index contributed by atoms with van der Waals surface area (Å²) >= 11 is 0. The molecule has 6 aliphatic carbocycles. The van der Waals surface area contributed by atoms with Gasteiger partial charge in [0.25, 0.3) is 0 Å². The van der Waals surface area contributed by atoms with Crippen LogP contribution in [0.25, 0.3) is 44.5 Å². The molecule has 5 unspecified atom stereocenters. The third-order valence-electron chi connectivity index (χ3n) is 32.1. The minimum absolute atomic E-state index is 0.00949. The first-order chi connectivity index (χ1) is 59.7. The minimum atomic E-state index is -1.01. The van der Waals surface area contributed by atoms with Gasteiger partial charge in [-0.2, -0.15) is 0 Å². The highest BCUT2D eigenvalue weighted by Gasteiger charge is 2.68. The first kappa shape index (κ1) is 88.7. The Morgan fingerprint density at radius 3 is 0.677 bits per heavy atom. The van der Waals surface area contributed by atoms with Gasteiger partial charge in [-0.1, -0.05) is 347 Å². The van der Waals surface area contributed by atoms with Gasteiger partial charge in [0.2, 0.25) is 0 Å². The Kier molecular flexibility index (Phi) is 25.4. The van der Waals surface area contributed by atoms with Crippen molar-refractivity contribution in [3.63, 3.8) is 0 Å². The van der Waals surface area contributed by atoms with Crippen molar-refractivity contribution in [2.45, 2.75) is 358 Å². The van der Waals surface area contributed by atoms with Gasteiger partial charge in [-0.15, -0.1) is 0 Å².